The Hall–Kier alpha value is -3.74. The first-order chi connectivity index (χ1) is 17.4. The van der Waals surface area contributed by atoms with Crippen molar-refractivity contribution in [3.05, 3.63) is 88.9 Å². The Bertz CT molecular complexity index is 1270. The molecule has 7 nitrogen and oxygen atoms in total. The average Bonchev–Trinajstić information content (AvgIpc) is 2.86. The van der Waals surface area contributed by atoms with Crippen LogP contribution in [0.3, 0.4) is 0 Å². The highest BCUT2D eigenvalue weighted by atomic mass is 19.1. The van der Waals surface area contributed by atoms with Crippen LogP contribution in [0.4, 0.5) is 10.2 Å². The summed E-state index contributed by atoms with van der Waals surface area (Å²) >= 11 is 0. The number of nitrogens with zero attached hydrogens (tertiary/aromatic N) is 2. The molecular weight excluding hydrogens is 470 g/mol. The largest absolute Gasteiger partial charge is 0.427 e. The first-order valence-electron chi connectivity index (χ1n) is 12.0. The Morgan fingerprint density at radius 2 is 1.81 bits per heavy atom. The maximum Gasteiger partial charge on any atom is 0.309 e. The summed E-state index contributed by atoms with van der Waals surface area (Å²) in [5, 5.41) is 25.6. The molecule has 0 unspecified atom stereocenters. The topological polar surface area (TPSA) is 107 Å². The zero-order chi connectivity index (χ0) is 27.2. The summed E-state index contributed by atoms with van der Waals surface area (Å²) in [5.74, 6) is -0.397. The van der Waals surface area contributed by atoms with Crippen LogP contribution < -0.4 is 16.1 Å². The number of benzene rings is 2. The van der Waals surface area contributed by atoms with Gasteiger partial charge in [0, 0.05) is 12.7 Å². The number of hydrogen-bond acceptors (Lipinski definition) is 6. The molecule has 192 valence electrons. The van der Waals surface area contributed by atoms with Crippen LogP contribution in [0.2, 0.25) is 0 Å². The third kappa shape index (κ3) is 7.38. The Morgan fingerprint density at radius 3 is 2.41 bits per heavy atom. The van der Waals surface area contributed by atoms with Crippen LogP contribution in [-0.4, -0.2) is 34.7 Å². The van der Waals surface area contributed by atoms with Crippen molar-refractivity contribution in [2.24, 2.45) is 0 Å². The summed E-state index contributed by atoms with van der Waals surface area (Å²) in [6.07, 6.45) is 1.41. The van der Waals surface area contributed by atoms with Gasteiger partial charge in [0.2, 0.25) is 0 Å². The van der Waals surface area contributed by atoms with Gasteiger partial charge in [-0.2, -0.15) is 5.26 Å². The third-order valence-electron chi connectivity index (χ3n) is 6.54. The smallest absolute Gasteiger partial charge is 0.309 e. The molecule has 37 heavy (non-hydrogen) atoms. The quantitative estimate of drug-likeness (QED) is 0.365. The molecule has 0 fully saturated rings. The molecule has 0 spiro atoms. The highest BCUT2D eigenvalue weighted by Gasteiger charge is 2.35. The maximum absolute atomic E-state index is 13.2. The van der Waals surface area contributed by atoms with Crippen molar-refractivity contribution in [1.82, 2.24) is 10.3 Å². The van der Waals surface area contributed by atoms with E-state index in [1.165, 1.54) is 24.4 Å². The molecule has 3 rings (SSSR count). The second kappa shape index (κ2) is 11.5. The van der Waals surface area contributed by atoms with Gasteiger partial charge in [0.25, 0.3) is 5.91 Å². The van der Waals surface area contributed by atoms with Gasteiger partial charge in [-0.05, 0) is 63.9 Å². The first-order valence-corrected chi connectivity index (χ1v) is 12.0. The second-order valence-corrected chi connectivity index (χ2v) is 10.0. The third-order valence-corrected chi connectivity index (χ3v) is 6.54. The van der Waals surface area contributed by atoms with Gasteiger partial charge in [-0.25, -0.2) is 9.37 Å². The molecule has 1 atom stereocenters. The van der Waals surface area contributed by atoms with Gasteiger partial charge < -0.3 is 20.4 Å². The van der Waals surface area contributed by atoms with Crippen LogP contribution >= 0.6 is 0 Å². The van der Waals surface area contributed by atoms with E-state index in [0.717, 1.165) is 16.6 Å². The molecule has 0 aliphatic heterocycles. The van der Waals surface area contributed by atoms with Crippen LogP contribution in [0.1, 0.15) is 67.7 Å². The molecule has 3 aromatic rings. The number of aromatic nitrogens is 1. The fraction of sp³-hybridized carbons (Fsp3) is 0.321. The van der Waals surface area contributed by atoms with Gasteiger partial charge in [-0.15, -0.1) is 0 Å². The first kappa shape index (κ1) is 27.8. The van der Waals surface area contributed by atoms with E-state index in [4.69, 9.17) is 4.65 Å². The Kier molecular flexibility index (Phi) is 8.69. The van der Waals surface area contributed by atoms with E-state index in [1.807, 2.05) is 44.2 Å². The number of carbonyl (C=O) groups is 1. The number of hydrogen-bond donors (Lipinski definition) is 3. The van der Waals surface area contributed by atoms with Crippen molar-refractivity contribution in [3.63, 3.8) is 0 Å². The van der Waals surface area contributed by atoms with Crippen molar-refractivity contribution in [2.75, 3.05) is 5.32 Å². The zero-order valence-corrected chi connectivity index (χ0v) is 21.8. The number of carbonyl (C=O) groups excluding carboxylic acids is 1. The number of aliphatic hydroxyl groups is 1. The summed E-state index contributed by atoms with van der Waals surface area (Å²) in [5.41, 5.74) is 1.50. The van der Waals surface area contributed by atoms with Crippen LogP contribution in [0.25, 0.3) is 0 Å². The molecule has 0 radical (unpaired) electrons. The molecule has 0 saturated heterocycles. The number of halogens is 1. The van der Waals surface area contributed by atoms with Crippen LogP contribution in [0, 0.1) is 17.1 Å². The predicted octanol–water partition coefficient (Wildman–Crippen LogP) is 3.74. The molecule has 0 aliphatic rings. The van der Waals surface area contributed by atoms with E-state index in [0.29, 0.717) is 19.8 Å². The van der Waals surface area contributed by atoms with Gasteiger partial charge in [0.1, 0.15) is 17.7 Å². The molecule has 1 heterocycles. The highest BCUT2D eigenvalue weighted by molar-refractivity contribution is 6.47. The Morgan fingerprint density at radius 1 is 1.16 bits per heavy atom. The van der Waals surface area contributed by atoms with Crippen molar-refractivity contribution in [2.45, 2.75) is 58.4 Å². The Labute approximate surface area is 218 Å². The Balaban J connectivity index is 1.67. The van der Waals surface area contributed by atoms with E-state index in [9.17, 15) is 19.6 Å². The van der Waals surface area contributed by atoms with Gasteiger partial charge in [-0.3, -0.25) is 4.79 Å². The van der Waals surface area contributed by atoms with Crippen LogP contribution in [0.5, 0.6) is 0 Å². The van der Waals surface area contributed by atoms with Gasteiger partial charge in [0.05, 0.1) is 28.4 Å². The number of amides is 1. The van der Waals surface area contributed by atoms with E-state index >= 15 is 0 Å². The molecule has 1 amide bonds. The maximum atomic E-state index is 13.2. The van der Waals surface area contributed by atoms with Gasteiger partial charge >= 0.3 is 7.48 Å². The molecular formula is C28H32BFN4O3. The van der Waals surface area contributed by atoms with Crippen LogP contribution in [0.15, 0.2) is 60.8 Å². The van der Waals surface area contributed by atoms with Gasteiger partial charge in [-0.1, -0.05) is 41.9 Å². The number of pyridine rings is 1. The summed E-state index contributed by atoms with van der Waals surface area (Å²) < 4.78 is 19.2. The van der Waals surface area contributed by atoms with E-state index in [1.54, 1.807) is 32.9 Å². The summed E-state index contributed by atoms with van der Waals surface area (Å²) in [7, 11) is 0.360. The number of anilines is 1. The van der Waals surface area contributed by atoms with Gasteiger partial charge in [0.15, 0.2) is 0 Å². The minimum absolute atomic E-state index is 0.242. The summed E-state index contributed by atoms with van der Waals surface area (Å²) in [4.78, 5) is 17.3. The fourth-order valence-electron chi connectivity index (χ4n) is 3.33. The number of rotatable bonds is 10. The molecule has 3 N–H and O–H groups in total. The molecule has 1 aromatic heterocycles. The lowest BCUT2D eigenvalue weighted by Gasteiger charge is -2.37. The van der Waals surface area contributed by atoms with Crippen molar-refractivity contribution in [1.29, 1.82) is 5.26 Å². The van der Waals surface area contributed by atoms with E-state index in [2.05, 4.69) is 15.6 Å². The number of nitrogens with one attached hydrogen (secondary N) is 2. The number of nitriles is 1. The predicted molar refractivity (Wildman–Crippen MR) is 143 cm³/mol. The summed E-state index contributed by atoms with van der Waals surface area (Å²) in [6, 6.07) is 16.8. The second-order valence-electron chi connectivity index (χ2n) is 10.0. The SMILES string of the molecule is C[C@H](NC(=O)c1cc(C#N)cnc1NCc1ccc(BOC(C)(C)C(C)(C)O)cc1)c1ccc(F)cc1. The van der Waals surface area contributed by atoms with Crippen molar-refractivity contribution in [3.8, 4) is 6.07 Å². The molecule has 9 heteroatoms. The lowest BCUT2D eigenvalue weighted by molar-refractivity contribution is -0.0893. The van der Waals surface area contributed by atoms with Crippen molar-refractivity contribution >= 4 is 24.7 Å². The molecule has 2 aromatic carbocycles. The van der Waals surface area contributed by atoms with E-state index in [-0.39, 0.29) is 23.0 Å². The average molecular weight is 502 g/mol. The highest BCUT2D eigenvalue weighted by Crippen LogP contribution is 2.24. The van der Waals surface area contributed by atoms with Crippen molar-refractivity contribution < 1.29 is 18.9 Å². The lowest BCUT2D eigenvalue weighted by Crippen LogP contribution is -2.49. The standard InChI is InChI=1S/C28H32BFN4O3/c1-18(21-8-12-23(30)13-9-21)34-26(35)24-14-20(15-31)17-33-25(24)32-16-19-6-10-22(11-7-19)29-37-28(4,5)27(2,3)36/h6-14,17-18,29,36H,16H2,1-5H3,(H,32,33)(H,34,35)/t18-/m0/s1. The molecule has 0 saturated carbocycles. The summed E-state index contributed by atoms with van der Waals surface area (Å²) in [6.45, 7) is 9.35. The monoisotopic (exact) mass is 502 g/mol. The van der Waals surface area contributed by atoms with E-state index < -0.39 is 17.1 Å². The minimum Gasteiger partial charge on any atom is -0.427 e. The molecule has 0 aliphatic carbocycles. The zero-order valence-electron chi connectivity index (χ0n) is 21.8. The fourth-order valence-corrected chi connectivity index (χ4v) is 3.33. The molecule has 0 bridgehead atoms. The normalized spacial score (nSPS) is 12.4. The lowest BCUT2D eigenvalue weighted by atomic mass is 9.82. The minimum atomic E-state index is -0.980. The van der Waals surface area contributed by atoms with Crippen LogP contribution in [-0.2, 0) is 11.2 Å².